The minimum atomic E-state index is -3.66. The number of carbonyl (C=O) groups excluding carboxylic acids is 3. The molecule has 0 bridgehead atoms. The van der Waals surface area contributed by atoms with Gasteiger partial charge in [-0.15, -0.1) is 37.2 Å². The molecule has 0 spiro atoms. The molecule has 3 saturated heterocycles. The molecule has 6 aromatic carbocycles. The smallest absolute Gasteiger partial charge is 0.662 e. The molecule has 3 aliphatic rings. The number of piperazine rings is 3. The number of ether oxygens (including phenoxy) is 2. The van der Waals surface area contributed by atoms with E-state index in [0.717, 1.165) is 105 Å². The van der Waals surface area contributed by atoms with E-state index in [0.29, 0.717) is 45.8 Å². The fraction of sp³-hybridized carbons (Fsp3) is 0.384. The maximum atomic E-state index is 13.1. The zero-order valence-electron chi connectivity index (χ0n) is 60.9. The number of benzene rings is 6. The molecule has 572 valence electrons. The van der Waals surface area contributed by atoms with Crippen molar-refractivity contribution in [1.29, 1.82) is 0 Å². The van der Waals surface area contributed by atoms with Gasteiger partial charge < -0.3 is 50.3 Å². The number of alkyl halides is 1. The van der Waals surface area contributed by atoms with Crippen molar-refractivity contribution in [2.75, 3.05) is 85.1 Å². The van der Waals surface area contributed by atoms with Gasteiger partial charge in [0, 0.05) is 144 Å². The van der Waals surface area contributed by atoms with Crippen LogP contribution >= 0.6 is 53.2 Å². The van der Waals surface area contributed by atoms with Crippen LogP contribution in [0.15, 0.2) is 197 Å². The molecule has 32 heteroatoms. The summed E-state index contributed by atoms with van der Waals surface area (Å²) in [6.45, 7) is 27.9. The summed E-state index contributed by atoms with van der Waals surface area (Å²) >= 11 is 3.42. The molecular weight excluding hydrogens is 1550 g/mol. The van der Waals surface area contributed by atoms with E-state index in [4.69, 9.17) is 29.7 Å². The van der Waals surface area contributed by atoms with Crippen molar-refractivity contribution >= 4 is 135 Å². The second kappa shape index (κ2) is 45.6. The molecule has 3 aliphatic heterocycles. The van der Waals surface area contributed by atoms with E-state index < -0.39 is 35.7 Å². The number of halogens is 4. The first-order valence-electron chi connectivity index (χ1n) is 33.1. The van der Waals surface area contributed by atoms with E-state index in [1.54, 1.807) is 134 Å². The third-order valence-corrected chi connectivity index (χ3v) is 21.0. The van der Waals surface area contributed by atoms with Crippen LogP contribution in [0.5, 0.6) is 0 Å². The molecule has 3 aromatic heterocycles. The predicted molar refractivity (Wildman–Crippen MR) is 416 cm³/mol. The van der Waals surface area contributed by atoms with Crippen LogP contribution in [0.25, 0.3) is 32.7 Å². The van der Waals surface area contributed by atoms with E-state index in [1.807, 2.05) is 114 Å². The van der Waals surface area contributed by atoms with Crippen LogP contribution in [0.1, 0.15) is 79.0 Å². The molecule has 9 aromatic rings. The van der Waals surface area contributed by atoms with Crippen LogP contribution in [0.4, 0.5) is 9.59 Å². The summed E-state index contributed by atoms with van der Waals surface area (Å²) in [5, 5.41) is 34.2. The van der Waals surface area contributed by atoms with E-state index in [2.05, 4.69) is 47.3 Å². The number of aliphatic hydroxyl groups is 2. The topological polar surface area (TPSA) is 297 Å². The van der Waals surface area contributed by atoms with Crippen LogP contribution in [-0.4, -0.2) is 188 Å². The first-order valence-corrected chi connectivity index (χ1v) is 38.5. The third kappa shape index (κ3) is 28.4. The summed E-state index contributed by atoms with van der Waals surface area (Å²) in [6.07, 6.45) is 4.25. The van der Waals surface area contributed by atoms with Crippen molar-refractivity contribution in [3.05, 3.63) is 199 Å². The van der Waals surface area contributed by atoms with Gasteiger partial charge in [0.05, 0.1) is 31.2 Å². The average Bonchev–Trinajstić information content (AvgIpc) is 1.59. The number of carbonyl (C=O) groups is 3. The fourth-order valence-electron chi connectivity index (χ4n) is 10.7. The van der Waals surface area contributed by atoms with Gasteiger partial charge in [0.15, 0.2) is 0 Å². The first-order chi connectivity index (χ1) is 48.0. The van der Waals surface area contributed by atoms with Crippen molar-refractivity contribution in [2.45, 2.75) is 113 Å². The largest absolute Gasteiger partial charge is 1.00 e. The Morgan fingerprint density at radius 3 is 1.07 bits per heavy atom. The number of rotatable bonds is 12. The summed E-state index contributed by atoms with van der Waals surface area (Å²) in [5.41, 5.74) is 4.51. The summed E-state index contributed by atoms with van der Waals surface area (Å²) in [5.74, 6) is 0. The van der Waals surface area contributed by atoms with Crippen molar-refractivity contribution in [1.82, 2.24) is 42.2 Å². The molecule has 24 nitrogen and oxygen atoms in total. The Hall–Kier alpha value is -6.13. The molecule has 0 atom stereocenters. The molecule has 6 heterocycles. The number of hydrogen-bond donors (Lipinski definition) is 4. The predicted octanol–water partition coefficient (Wildman–Crippen LogP) is 7.90. The van der Waals surface area contributed by atoms with Gasteiger partial charge in [-0.2, -0.15) is 0 Å². The summed E-state index contributed by atoms with van der Waals surface area (Å²) < 4.78 is 92.2. The van der Waals surface area contributed by atoms with Crippen molar-refractivity contribution < 1.29 is 99.0 Å². The molecule has 105 heavy (non-hydrogen) atoms. The Balaban J connectivity index is 0.000000462. The van der Waals surface area contributed by atoms with Crippen molar-refractivity contribution in [2.24, 2.45) is 0 Å². The standard InChI is InChI=1S/C24H29N3O4S.C19H21N3O2S.C15H12BrNO2S.C9H18N2O2.C3H8O.C2H6O.CH2O3.3ClH.Na/c1-24(2,3)31-23(28)26-16-14-25(15-17-26)18-19-8-7-11-22-21(19)12-13-27(22)32(29,30)20-9-5-4-6-10-20;23-25(24,17-6-2-1-3-7-17)22-12-9-18-16(5-4-8-19(18)22)15-21-13-10-20-11-14-21;16-11-12-5-4-8-15-14(12)9-10-17(15)20(18,19)13-6-2-1-3-7-13;1-9(2,3)13-8(12)11-6-4-10-5-7-11;1-3(2)4;1-2-3;2-1-4-3;;;;/h4-13H,14-18H2,1-3H3;1-9,12,20H,10-11,13-15H2;1-10H,11H2;10H,4-7H2,1-3H3;3-4H,1-2H3;3H,2H2,1H3;1,3H;3*1H;/q;;;;;;;;;;+1/p-1. The van der Waals surface area contributed by atoms with Gasteiger partial charge in [0.25, 0.3) is 36.5 Å². The summed E-state index contributed by atoms with van der Waals surface area (Å²) in [6, 6.07) is 48.4. The Morgan fingerprint density at radius 1 is 0.495 bits per heavy atom. The Morgan fingerprint density at radius 2 is 0.771 bits per heavy atom. The van der Waals surface area contributed by atoms with Crippen molar-refractivity contribution in [3.63, 3.8) is 0 Å². The normalized spacial score (nSPS) is 14.0. The van der Waals surface area contributed by atoms with Gasteiger partial charge in [-0.05, 0) is 152 Å². The van der Waals surface area contributed by atoms with Crippen LogP contribution in [0.3, 0.4) is 0 Å². The molecule has 3 fully saturated rings. The molecular formula is C73H98BrCl3N9NaO15S3. The van der Waals surface area contributed by atoms with Gasteiger partial charge >= 0.3 is 41.7 Å². The number of nitrogens with one attached hydrogen (secondary N) is 2. The first kappa shape index (κ1) is 94.9. The number of aliphatic hydroxyl groups excluding tert-OH is 2. The third-order valence-electron chi connectivity index (χ3n) is 15.2. The average molecular weight is 1650 g/mol. The van der Waals surface area contributed by atoms with E-state index in [9.17, 15) is 34.8 Å². The molecule has 4 N–H and O–H groups in total. The zero-order chi connectivity index (χ0) is 74.0. The fourth-order valence-corrected chi connectivity index (χ4v) is 15.3. The molecule has 12 rings (SSSR count). The van der Waals surface area contributed by atoms with Crippen LogP contribution in [0, 0.1) is 0 Å². The monoisotopic (exact) mass is 1640 g/mol. The number of hydrogen-bond acceptors (Lipinski definition) is 19. The molecule has 0 saturated carbocycles. The maximum Gasteiger partial charge on any atom is 1.00 e. The number of amides is 2. The minimum absolute atomic E-state index is 0. The number of nitrogens with zero attached hydrogens (tertiary/aromatic N) is 7. The van der Waals surface area contributed by atoms with E-state index in [-0.39, 0.29) is 109 Å². The van der Waals surface area contributed by atoms with Crippen molar-refractivity contribution in [3.8, 4) is 0 Å². The SMILES string of the molecule is CC(C)(C)OC(=O)N1CCN(Cc2cccc3c2ccn3S(=O)(=O)c2ccccc2)CC1.CC(C)(C)OC(=O)N1CCNCC1.CC(C)O.CCO.Cl.Cl.Cl.O=CO[O-].O=S(=O)(c1ccccc1)n1ccc2c(CBr)cccc21.O=S(=O)(c1ccccc1)n1ccc2c(CN3CCNCC3)cccc21.[Na+]. The molecule has 0 unspecified atom stereocenters. The van der Waals surface area contributed by atoms with Crippen LogP contribution in [-0.2, 0) is 67.6 Å². The molecule has 2 amide bonds. The van der Waals surface area contributed by atoms with E-state index >= 15 is 0 Å². The summed E-state index contributed by atoms with van der Waals surface area (Å²) in [7, 11) is -10.8. The Kier molecular flexibility index (Phi) is 41.3. The molecule has 0 radical (unpaired) electrons. The van der Waals surface area contributed by atoms with Crippen LogP contribution < -0.4 is 45.4 Å². The van der Waals surface area contributed by atoms with E-state index in [1.165, 1.54) is 17.5 Å². The number of fused-ring (bicyclic) bond motifs is 3. The minimum Gasteiger partial charge on any atom is -0.662 e. The Labute approximate surface area is 667 Å². The summed E-state index contributed by atoms with van der Waals surface area (Å²) in [4.78, 5) is 44.0. The Bertz CT molecular complexity index is 4420. The van der Waals surface area contributed by atoms with Crippen LogP contribution in [0.2, 0.25) is 0 Å². The molecule has 0 aliphatic carbocycles. The number of aromatic nitrogens is 3. The van der Waals surface area contributed by atoms with Gasteiger partial charge in [-0.25, -0.2) is 46.8 Å². The van der Waals surface area contributed by atoms with Gasteiger partial charge in [-0.1, -0.05) is 107 Å². The van der Waals surface area contributed by atoms with Gasteiger partial charge in [-0.3, -0.25) is 14.6 Å². The zero-order valence-corrected chi connectivity index (χ0v) is 69.4. The second-order valence-electron chi connectivity index (χ2n) is 25.6. The van der Waals surface area contributed by atoms with Gasteiger partial charge in [0.1, 0.15) is 11.2 Å². The second-order valence-corrected chi connectivity index (χ2v) is 31.6. The quantitative estimate of drug-likeness (QED) is 0.0297. The maximum absolute atomic E-state index is 13.1. The van der Waals surface area contributed by atoms with Gasteiger partial charge in [0.2, 0.25) is 0 Å².